The van der Waals surface area contributed by atoms with Gasteiger partial charge in [-0.2, -0.15) is 0 Å². The van der Waals surface area contributed by atoms with Gasteiger partial charge in [0.25, 0.3) is 0 Å². The highest BCUT2D eigenvalue weighted by Crippen LogP contribution is 2.39. The normalized spacial score (nSPS) is 20.7. The first-order valence-electron chi connectivity index (χ1n) is 10.8. The Hall–Kier alpha value is -1.70. The van der Waals surface area contributed by atoms with Crippen LogP contribution in [0.15, 0.2) is 36.5 Å². The molecule has 0 saturated heterocycles. The minimum atomic E-state index is 0.486. The summed E-state index contributed by atoms with van der Waals surface area (Å²) in [4.78, 5) is 17.2. The molecular weight excluding hydrogens is 330 g/mol. The van der Waals surface area contributed by atoms with Crippen LogP contribution in [0, 0.1) is 23.7 Å². The average Bonchev–Trinajstić information content (AvgIpc) is 2.66. The third-order valence-corrected chi connectivity index (χ3v) is 6.66. The predicted octanol–water partition coefficient (Wildman–Crippen LogP) is 6.79. The fourth-order valence-electron chi connectivity index (χ4n) is 5.06. The van der Waals surface area contributed by atoms with E-state index in [1.165, 1.54) is 36.6 Å². The number of carbonyl (C=O) groups is 1. The monoisotopic (exact) mass is 365 g/mol. The third kappa shape index (κ3) is 4.97. The quantitative estimate of drug-likeness (QED) is 0.541. The van der Waals surface area contributed by atoms with Gasteiger partial charge in [-0.05, 0) is 73.0 Å². The summed E-state index contributed by atoms with van der Waals surface area (Å²) in [6.45, 7) is 9.01. The lowest BCUT2D eigenvalue weighted by Crippen LogP contribution is -2.22. The zero-order valence-corrected chi connectivity index (χ0v) is 17.4. The van der Waals surface area contributed by atoms with E-state index in [-0.39, 0.29) is 0 Å². The molecule has 1 heterocycles. The second kappa shape index (κ2) is 8.99. The molecule has 1 fully saturated rings. The molecule has 1 aromatic carbocycles. The lowest BCUT2D eigenvalue weighted by molar-refractivity contribution is -0.121. The van der Waals surface area contributed by atoms with Crippen LogP contribution in [0.4, 0.5) is 0 Å². The lowest BCUT2D eigenvalue weighted by atomic mass is 9.75. The molecule has 146 valence electrons. The Morgan fingerprint density at radius 1 is 1.00 bits per heavy atom. The Morgan fingerprint density at radius 3 is 2.33 bits per heavy atom. The molecule has 0 atom stereocenters. The number of para-hydroxylation sites is 1. The number of pyridine rings is 1. The number of rotatable bonds is 7. The van der Waals surface area contributed by atoms with Crippen molar-refractivity contribution in [1.82, 2.24) is 4.98 Å². The molecule has 0 bridgehead atoms. The van der Waals surface area contributed by atoms with E-state index >= 15 is 0 Å². The van der Waals surface area contributed by atoms with Crippen LogP contribution < -0.4 is 0 Å². The highest BCUT2D eigenvalue weighted by molar-refractivity contribution is 5.82. The fourth-order valence-corrected chi connectivity index (χ4v) is 5.06. The van der Waals surface area contributed by atoms with Gasteiger partial charge in [-0.25, -0.2) is 0 Å². The van der Waals surface area contributed by atoms with E-state index in [1.54, 1.807) is 0 Å². The Bertz CT molecular complexity index is 743. The smallest absolute Gasteiger partial charge is 0.133 e. The van der Waals surface area contributed by atoms with Crippen LogP contribution >= 0.6 is 0 Å². The lowest BCUT2D eigenvalue weighted by Gasteiger charge is -2.30. The molecule has 0 unspecified atom stereocenters. The fraction of sp³-hybridized carbons (Fsp3) is 0.600. The van der Waals surface area contributed by atoms with Crippen molar-refractivity contribution in [3.05, 3.63) is 42.1 Å². The van der Waals surface area contributed by atoms with Crippen molar-refractivity contribution in [2.45, 2.75) is 72.1 Å². The summed E-state index contributed by atoms with van der Waals surface area (Å²) in [5.74, 6) is 3.39. The number of carbonyl (C=O) groups excluding carboxylic acids is 1. The van der Waals surface area contributed by atoms with Gasteiger partial charge >= 0.3 is 0 Å². The predicted molar refractivity (Wildman–Crippen MR) is 114 cm³/mol. The number of hydrogen-bond donors (Lipinski definition) is 0. The van der Waals surface area contributed by atoms with Crippen molar-refractivity contribution < 1.29 is 4.79 Å². The van der Waals surface area contributed by atoms with E-state index in [2.05, 4.69) is 63.0 Å². The number of ketones is 1. The molecule has 1 aromatic heterocycles. The number of hydrogen-bond acceptors (Lipinski definition) is 2. The van der Waals surface area contributed by atoms with Crippen LogP contribution in [0.5, 0.6) is 0 Å². The third-order valence-electron chi connectivity index (χ3n) is 6.66. The summed E-state index contributed by atoms with van der Waals surface area (Å²) in [5, 5.41) is 1.30. The Balaban J connectivity index is 1.56. The Morgan fingerprint density at radius 2 is 1.67 bits per heavy atom. The molecule has 2 heteroatoms. The first-order chi connectivity index (χ1) is 13.0. The van der Waals surface area contributed by atoms with Crippen LogP contribution in [0.2, 0.25) is 0 Å². The van der Waals surface area contributed by atoms with E-state index in [1.807, 2.05) is 6.20 Å². The number of Topliss-reactive ketones (excluding diaryl/α,β-unsaturated/α-hetero) is 1. The number of fused-ring (bicyclic) bond motifs is 1. The van der Waals surface area contributed by atoms with E-state index < -0.39 is 0 Å². The van der Waals surface area contributed by atoms with Gasteiger partial charge in [-0.15, -0.1) is 0 Å². The van der Waals surface area contributed by atoms with E-state index in [9.17, 15) is 4.79 Å². The van der Waals surface area contributed by atoms with Gasteiger partial charge in [0.05, 0.1) is 5.52 Å². The summed E-state index contributed by atoms with van der Waals surface area (Å²) in [5.41, 5.74) is 2.55. The molecule has 1 aliphatic carbocycles. The van der Waals surface area contributed by atoms with Crippen LogP contribution in [0.3, 0.4) is 0 Å². The highest BCUT2D eigenvalue weighted by Gasteiger charge is 2.27. The van der Waals surface area contributed by atoms with Gasteiger partial charge in [-0.1, -0.05) is 45.9 Å². The van der Waals surface area contributed by atoms with E-state index in [4.69, 9.17) is 0 Å². The molecule has 0 radical (unpaired) electrons. The first kappa shape index (κ1) is 20.0. The summed E-state index contributed by atoms with van der Waals surface area (Å²) in [6, 6.07) is 10.7. The van der Waals surface area contributed by atoms with Gasteiger partial charge in [0.2, 0.25) is 0 Å². The zero-order valence-electron chi connectivity index (χ0n) is 17.4. The standard InChI is InChI=1S/C25H35NO/c1-17(2)24(18(3)4)16-21(27)15-19-9-11-20(12-10-19)22-13-14-26-25-8-6-5-7-23(22)25/h5-8,13-14,17-20,24H,9-12,15-16H2,1-4H3. The molecule has 2 nitrogen and oxygen atoms in total. The molecule has 27 heavy (non-hydrogen) atoms. The Labute approximate surface area is 164 Å². The second-order valence-corrected chi connectivity index (χ2v) is 9.23. The van der Waals surface area contributed by atoms with Crippen LogP contribution in [-0.2, 0) is 4.79 Å². The summed E-state index contributed by atoms with van der Waals surface area (Å²) < 4.78 is 0. The van der Waals surface area contributed by atoms with E-state index in [0.29, 0.717) is 35.4 Å². The van der Waals surface area contributed by atoms with Crippen molar-refractivity contribution in [3.8, 4) is 0 Å². The minimum absolute atomic E-state index is 0.486. The molecular formula is C25H35NO. The van der Waals surface area contributed by atoms with Crippen molar-refractivity contribution in [1.29, 1.82) is 0 Å². The van der Waals surface area contributed by atoms with Crippen molar-refractivity contribution in [2.24, 2.45) is 23.7 Å². The zero-order chi connectivity index (χ0) is 19.4. The summed E-state index contributed by atoms with van der Waals surface area (Å²) in [6.07, 6.45) is 8.27. The molecule has 3 rings (SSSR count). The van der Waals surface area contributed by atoms with Crippen LogP contribution in [-0.4, -0.2) is 10.8 Å². The maximum absolute atomic E-state index is 12.6. The van der Waals surface area contributed by atoms with Gasteiger partial charge in [0.1, 0.15) is 5.78 Å². The molecule has 1 aliphatic rings. The number of aromatic nitrogens is 1. The van der Waals surface area contributed by atoms with Gasteiger partial charge in [0.15, 0.2) is 0 Å². The van der Waals surface area contributed by atoms with Crippen LogP contribution in [0.25, 0.3) is 10.9 Å². The van der Waals surface area contributed by atoms with Crippen molar-refractivity contribution in [3.63, 3.8) is 0 Å². The molecule has 2 aromatic rings. The van der Waals surface area contributed by atoms with Gasteiger partial charge < -0.3 is 0 Å². The maximum Gasteiger partial charge on any atom is 0.133 e. The highest BCUT2D eigenvalue weighted by atomic mass is 16.1. The average molecular weight is 366 g/mol. The molecule has 1 saturated carbocycles. The maximum atomic E-state index is 12.6. The molecule has 0 N–H and O–H groups in total. The number of nitrogens with zero attached hydrogens (tertiary/aromatic N) is 1. The van der Waals surface area contributed by atoms with E-state index in [0.717, 1.165) is 18.4 Å². The molecule has 0 aliphatic heterocycles. The molecule has 0 amide bonds. The topological polar surface area (TPSA) is 30.0 Å². The van der Waals surface area contributed by atoms with Crippen molar-refractivity contribution in [2.75, 3.05) is 0 Å². The minimum Gasteiger partial charge on any atom is -0.300 e. The Kier molecular flexibility index (Phi) is 6.68. The largest absolute Gasteiger partial charge is 0.300 e. The first-order valence-corrected chi connectivity index (χ1v) is 10.8. The van der Waals surface area contributed by atoms with Crippen LogP contribution in [0.1, 0.15) is 77.7 Å². The number of benzene rings is 1. The summed E-state index contributed by atoms with van der Waals surface area (Å²) >= 11 is 0. The second-order valence-electron chi connectivity index (χ2n) is 9.23. The SMILES string of the molecule is CC(C)C(CC(=O)CC1CCC(c2ccnc3ccccc23)CC1)C(C)C. The molecule has 0 spiro atoms. The van der Waals surface area contributed by atoms with Gasteiger partial charge in [-0.3, -0.25) is 9.78 Å². The van der Waals surface area contributed by atoms with Crippen molar-refractivity contribution >= 4 is 16.7 Å². The summed E-state index contributed by atoms with van der Waals surface area (Å²) in [7, 11) is 0. The van der Waals surface area contributed by atoms with Gasteiger partial charge in [0, 0.05) is 24.4 Å².